The Bertz CT molecular complexity index is 140. The molecule has 0 aliphatic carbocycles. The van der Waals surface area contributed by atoms with Gasteiger partial charge < -0.3 is 0 Å². The molecule has 0 aliphatic heterocycles. The fourth-order valence-electron chi connectivity index (χ4n) is 0.275. The van der Waals surface area contributed by atoms with Crippen LogP contribution in [0.25, 0.3) is 0 Å². The van der Waals surface area contributed by atoms with Crippen LogP contribution < -0.4 is 0 Å². The first kappa shape index (κ1) is 4.18. The summed E-state index contributed by atoms with van der Waals surface area (Å²) in [4.78, 5) is 6.70. The van der Waals surface area contributed by atoms with E-state index in [-0.39, 0.29) is 0 Å². The zero-order valence-corrected chi connectivity index (χ0v) is 3.50. The van der Waals surface area contributed by atoms with Crippen molar-refractivity contribution in [3.8, 4) is 0 Å². The number of aromatic nitrogens is 2. The molecule has 0 aliphatic rings. The normalized spacial score (nSPS) is 8.71. The molecule has 1 aromatic heterocycles. The highest BCUT2D eigenvalue weighted by atomic mass is 19.1. The average molecular weight is 98.1 g/mol. The second-order valence-electron chi connectivity index (χ2n) is 1.03. The summed E-state index contributed by atoms with van der Waals surface area (Å²) in [5.74, 6) is -0.491. The number of rotatable bonds is 0. The number of hydrogen-bond acceptors (Lipinski definition) is 2. The largest absolute Gasteiger partial charge is 0.245 e. The Labute approximate surface area is 40.0 Å². The molecule has 3 heteroatoms. The first-order chi connectivity index (χ1) is 3.39. The van der Waals surface area contributed by atoms with Gasteiger partial charge in [-0.2, -0.15) is 4.39 Å². The van der Waals surface area contributed by atoms with Crippen molar-refractivity contribution in [2.75, 3.05) is 0 Å². The van der Waals surface area contributed by atoms with Crippen LogP contribution in [-0.2, 0) is 0 Å². The van der Waals surface area contributed by atoms with Crippen molar-refractivity contribution in [2.45, 2.75) is 0 Å². The first-order valence-electron chi connectivity index (χ1n) is 1.81. The van der Waals surface area contributed by atoms with E-state index in [1.165, 1.54) is 12.3 Å². The van der Waals surface area contributed by atoms with Gasteiger partial charge in [0.15, 0.2) is 0 Å². The average Bonchev–Trinajstić information content (AvgIpc) is 1.69. The van der Waals surface area contributed by atoms with E-state index in [4.69, 9.17) is 0 Å². The van der Waals surface area contributed by atoms with Crippen LogP contribution in [0.15, 0.2) is 18.6 Å². The van der Waals surface area contributed by atoms with Crippen molar-refractivity contribution in [3.63, 3.8) is 0 Å². The molecule has 0 atom stereocenters. The fourth-order valence-corrected chi connectivity index (χ4v) is 0.275. The predicted octanol–water partition coefficient (Wildman–Crippen LogP) is 0.616. The molecule has 0 bridgehead atoms. The molecule has 36 valence electrons. The van der Waals surface area contributed by atoms with Crippen molar-refractivity contribution in [3.05, 3.63) is 24.5 Å². The van der Waals surface area contributed by atoms with Crippen LogP contribution in [0.5, 0.6) is 0 Å². The molecule has 0 aromatic carbocycles. The van der Waals surface area contributed by atoms with Crippen molar-refractivity contribution in [1.82, 2.24) is 9.97 Å². The van der Waals surface area contributed by atoms with Gasteiger partial charge in [-0.3, -0.25) is 0 Å². The zero-order chi connectivity index (χ0) is 5.11. The molecule has 1 heterocycles. The molecule has 0 spiro atoms. The molecule has 0 N–H and O–H groups in total. The Balaban J connectivity index is 3.02. The molecule has 0 saturated carbocycles. The third-order valence-electron chi connectivity index (χ3n) is 0.546. The monoisotopic (exact) mass is 98.0 g/mol. The summed E-state index contributed by atoms with van der Waals surface area (Å²) >= 11 is 0. The molecule has 7 heavy (non-hydrogen) atoms. The first-order valence-corrected chi connectivity index (χ1v) is 1.81. The fraction of sp³-hybridized carbons (Fsp3) is 0. The van der Waals surface area contributed by atoms with Gasteiger partial charge >= 0.3 is 0 Å². The lowest BCUT2D eigenvalue weighted by Crippen LogP contribution is -1.78. The lowest BCUT2D eigenvalue weighted by molar-refractivity contribution is 0.579. The highest BCUT2D eigenvalue weighted by Gasteiger charge is 1.79. The van der Waals surface area contributed by atoms with Gasteiger partial charge in [0.25, 0.3) is 0 Å². The third kappa shape index (κ3) is 0.924. The van der Waals surface area contributed by atoms with Crippen molar-refractivity contribution >= 4 is 0 Å². The van der Waals surface area contributed by atoms with E-state index in [1.54, 1.807) is 0 Å². The summed E-state index contributed by atoms with van der Waals surface area (Å²) in [6.45, 7) is 0. The molecular formula is C4H3FN2. The minimum Gasteiger partial charge on any atom is -0.245 e. The molecule has 2 nitrogen and oxygen atoms in total. The van der Waals surface area contributed by atoms with Gasteiger partial charge in [0.05, 0.1) is 0 Å². The van der Waals surface area contributed by atoms with Gasteiger partial charge in [0.2, 0.25) is 5.95 Å². The highest BCUT2D eigenvalue weighted by molar-refractivity contribution is 4.79. The second kappa shape index (κ2) is 1.64. The van der Waals surface area contributed by atoms with Crippen molar-refractivity contribution < 1.29 is 4.39 Å². The van der Waals surface area contributed by atoms with Gasteiger partial charge in [-0.25, -0.2) is 9.97 Å². The Kier molecular flexibility index (Phi) is 0.978. The van der Waals surface area contributed by atoms with Gasteiger partial charge in [-0.05, 0) is 0 Å². The lowest BCUT2D eigenvalue weighted by Gasteiger charge is -1.77. The highest BCUT2D eigenvalue weighted by Crippen LogP contribution is 1.82. The molecule has 1 aromatic rings. The third-order valence-corrected chi connectivity index (χ3v) is 0.546. The van der Waals surface area contributed by atoms with E-state index >= 15 is 0 Å². The smallest absolute Gasteiger partial charge is 0.215 e. The van der Waals surface area contributed by atoms with Crippen LogP contribution in [0.4, 0.5) is 4.39 Å². The van der Waals surface area contributed by atoms with E-state index in [0.717, 1.165) is 6.33 Å². The summed E-state index contributed by atoms with van der Waals surface area (Å²) in [7, 11) is 0. The van der Waals surface area contributed by atoms with E-state index in [0.29, 0.717) is 0 Å². The van der Waals surface area contributed by atoms with Crippen LogP contribution in [-0.4, -0.2) is 9.97 Å². The SMILES string of the molecule is Fc1ccncn1. The van der Waals surface area contributed by atoms with Gasteiger partial charge in [0.1, 0.15) is 6.33 Å². The van der Waals surface area contributed by atoms with E-state index in [9.17, 15) is 4.39 Å². The Hall–Kier alpha value is -0.990. The molecule has 0 unspecified atom stereocenters. The number of halogens is 1. The second-order valence-corrected chi connectivity index (χ2v) is 1.03. The minimum absolute atomic E-state index is 0.491. The summed E-state index contributed by atoms with van der Waals surface area (Å²) in [6, 6.07) is 1.19. The zero-order valence-electron chi connectivity index (χ0n) is 3.50. The van der Waals surface area contributed by atoms with E-state index < -0.39 is 5.95 Å². The topological polar surface area (TPSA) is 25.8 Å². The number of hydrogen-bond donors (Lipinski definition) is 0. The van der Waals surface area contributed by atoms with Crippen molar-refractivity contribution in [2.24, 2.45) is 0 Å². The van der Waals surface area contributed by atoms with Crippen LogP contribution in [0.3, 0.4) is 0 Å². The molecule has 0 amide bonds. The maximum Gasteiger partial charge on any atom is 0.215 e. The van der Waals surface area contributed by atoms with Crippen LogP contribution in [0.2, 0.25) is 0 Å². The molecule has 0 fully saturated rings. The van der Waals surface area contributed by atoms with Gasteiger partial charge in [0, 0.05) is 12.3 Å². The Morgan fingerprint density at radius 2 is 2.43 bits per heavy atom. The molecule has 1 rings (SSSR count). The predicted molar refractivity (Wildman–Crippen MR) is 22.0 cm³/mol. The molecule has 0 saturated heterocycles. The molecular weight excluding hydrogens is 95.1 g/mol. The number of nitrogens with zero attached hydrogens (tertiary/aromatic N) is 2. The van der Waals surface area contributed by atoms with Crippen LogP contribution in [0.1, 0.15) is 0 Å². The van der Waals surface area contributed by atoms with Crippen molar-refractivity contribution in [1.29, 1.82) is 0 Å². The van der Waals surface area contributed by atoms with Gasteiger partial charge in [-0.1, -0.05) is 0 Å². The Morgan fingerprint density at radius 1 is 1.57 bits per heavy atom. The maximum absolute atomic E-state index is 11.8. The summed E-state index contributed by atoms with van der Waals surface area (Å²) < 4.78 is 11.8. The quantitative estimate of drug-likeness (QED) is 0.444. The molecule has 0 radical (unpaired) electrons. The summed E-state index contributed by atoms with van der Waals surface area (Å²) in [6.07, 6.45) is 2.51. The standard InChI is InChI=1S/C4H3FN2/c5-4-1-2-6-3-7-4/h1-3H. The summed E-state index contributed by atoms with van der Waals surface area (Å²) in [5.41, 5.74) is 0. The maximum atomic E-state index is 11.8. The van der Waals surface area contributed by atoms with E-state index in [2.05, 4.69) is 9.97 Å². The minimum atomic E-state index is -0.491. The van der Waals surface area contributed by atoms with E-state index in [1.807, 2.05) is 0 Å². The lowest BCUT2D eigenvalue weighted by atomic mass is 10.7. The Morgan fingerprint density at radius 3 is 2.71 bits per heavy atom. The van der Waals surface area contributed by atoms with Crippen LogP contribution in [0, 0.1) is 5.95 Å². The summed E-state index contributed by atoms with van der Waals surface area (Å²) in [5, 5.41) is 0. The van der Waals surface area contributed by atoms with Crippen LogP contribution >= 0.6 is 0 Å². The van der Waals surface area contributed by atoms with Gasteiger partial charge in [-0.15, -0.1) is 0 Å².